The number of rotatable bonds is 3. The van der Waals surface area contributed by atoms with E-state index in [1.165, 1.54) is 0 Å². The van der Waals surface area contributed by atoms with E-state index in [0.717, 1.165) is 12.3 Å². The first-order valence-electron chi connectivity index (χ1n) is 7.26. The molecule has 1 aliphatic carbocycles. The fourth-order valence-electron chi connectivity index (χ4n) is 1.95. The number of carbonyl (C=O) groups excluding carboxylic acids is 2. The van der Waals surface area contributed by atoms with Crippen LogP contribution in [0.2, 0.25) is 0 Å². The number of ether oxygens (including phenoxy) is 1. The monoisotopic (exact) mass is 345 g/mol. The quantitative estimate of drug-likeness (QED) is 0.882. The average Bonchev–Trinajstić information content (AvgIpc) is 3.16. The van der Waals surface area contributed by atoms with Gasteiger partial charge in [0.2, 0.25) is 5.91 Å². The third-order valence-electron chi connectivity index (χ3n) is 3.25. The minimum Gasteiger partial charge on any atom is -0.444 e. The molecule has 1 aromatic rings. The van der Waals surface area contributed by atoms with Crippen LogP contribution in [0.15, 0.2) is 18.5 Å². The topological polar surface area (TPSA) is 80.3 Å². The van der Waals surface area contributed by atoms with Gasteiger partial charge in [0.1, 0.15) is 11.1 Å². The first-order valence-corrected chi connectivity index (χ1v) is 7.26. The highest BCUT2D eigenvalue weighted by Gasteiger charge is 2.52. The second-order valence-electron chi connectivity index (χ2n) is 6.62. The number of alkyl carbamates (subject to hydrolysis) is 1. The Kier molecular flexibility index (Phi) is 4.47. The number of alkyl halides is 3. The number of carbonyl (C=O) groups is 2. The fourth-order valence-corrected chi connectivity index (χ4v) is 1.95. The minimum atomic E-state index is -4.56. The van der Waals surface area contributed by atoms with Crippen LogP contribution in [-0.4, -0.2) is 28.1 Å². The summed E-state index contributed by atoms with van der Waals surface area (Å²) in [5.41, 5.74) is -2.93. The van der Waals surface area contributed by atoms with Gasteiger partial charge in [-0.2, -0.15) is 13.2 Å². The van der Waals surface area contributed by atoms with E-state index < -0.39 is 34.9 Å². The number of pyridine rings is 1. The van der Waals surface area contributed by atoms with E-state index in [1.807, 2.05) is 0 Å². The number of nitrogens with one attached hydrogen (secondary N) is 2. The van der Waals surface area contributed by atoms with Crippen molar-refractivity contribution in [1.82, 2.24) is 10.3 Å². The Morgan fingerprint density at radius 2 is 1.83 bits per heavy atom. The van der Waals surface area contributed by atoms with Crippen molar-refractivity contribution in [1.29, 1.82) is 0 Å². The maximum atomic E-state index is 12.7. The van der Waals surface area contributed by atoms with Crippen LogP contribution in [0.4, 0.5) is 23.7 Å². The molecule has 9 heteroatoms. The highest BCUT2D eigenvalue weighted by molar-refractivity contribution is 6.02. The maximum Gasteiger partial charge on any atom is 0.417 e. The van der Waals surface area contributed by atoms with Gasteiger partial charge in [-0.25, -0.2) is 4.79 Å². The smallest absolute Gasteiger partial charge is 0.417 e. The molecule has 1 aromatic heterocycles. The van der Waals surface area contributed by atoms with Gasteiger partial charge in [0.05, 0.1) is 17.4 Å². The van der Waals surface area contributed by atoms with Gasteiger partial charge in [-0.1, -0.05) is 0 Å². The van der Waals surface area contributed by atoms with Crippen LogP contribution in [0.3, 0.4) is 0 Å². The van der Waals surface area contributed by atoms with Crippen molar-refractivity contribution in [2.24, 2.45) is 0 Å². The largest absolute Gasteiger partial charge is 0.444 e. The van der Waals surface area contributed by atoms with E-state index in [4.69, 9.17) is 4.74 Å². The number of anilines is 1. The van der Waals surface area contributed by atoms with Crippen molar-refractivity contribution in [3.8, 4) is 0 Å². The zero-order valence-corrected chi connectivity index (χ0v) is 13.5. The first kappa shape index (κ1) is 18.0. The Labute approximate surface area is 136 Å². The normalized spacial score (nSPS) is 16.2. The second-order valence-corrected chi connectivity index (χ2v) is 6.62. The molecule has 24 heavy (non-hydrogen) atoms. The molecular weight excluding hydrogens is 327 g/mol. The van der Waals surface area contributed by atoms with Gasteiger partial charge in [-0.3, -0.25) is 9.78 Å². The number of halogens is 3. The highest BCUT2D eigenvalue weighted by Crippen LogP contribution is 2.37. The van der Waals surface area contributed by atoms with Gasteiger partial charge in [0, 0.05) is 6.20 Å². The van der Waals surface area contributed by atoms with Crippen molar-refractivity contribution in [3.63, 3.8) is 0 Å². The summed E-state index contributed by atoms with van der Waals surface area (Å²) in [6, 6.07) is 0.786. The van der Waals surface area contributed by atoms with E-state index in [-0.39, 0.29) is 5.69 Å². The summed E-state index contributed by atoms with van der Waals surface area (Å²) in [6.07, 6.45) is -2.77. The van der Waals surface area contributed by atoms with E-state index in [0.29, 0.717) is 19.0 Å². The lowest BCUT2D eigenvalue weighted by molar-refractivity contribution is -0.137. The van der Waals surface area contributed by atoms with Gasteiger partial charge in [-0.15, -0.1) is 0 Å². The Morgan fingerprint density at radius 1 is 1.21 bits per heavy atom. The average molecular weight is 345 g/mol. The lowest BCUT2D eigenvalue weighted by Gasteiger charge is -2.23. The van der Waals surface area contributed by atoms with Crippen LogP contribution >= 0.6 is 0 Å². The van der Waals surface area contributed by atoms with Crippen molar-refractivity contribution >= 4 is 17.7 Å². The lowest BCUT2D eigenvalue weighted by Crippen LogP contribution is -2.47. The molecule has 0 radical (unpaired) electrons. The summed E-state index contributed by atoms with van der Waals surface area (Å²) < 4.78 is 43.1. The van der Waals surface area contributed by atoms with E-state index >= 15 is 0 Å². The zero-order chi connectivity index (χ0) is 18.2. The number of amides is 2. The predicted octanol–water partition coefficient (Wildman–Crippen LogP) is 3.10. The van der Waals surface area contributed by atoms with Gasteiger partial charge < -0.3 is 15.4 Å². The van der Waals surface area contributed by atoms with E-state index in [1.54, 1.807) is 20.8 Å². The summed E-state index contributed by atoms with van der Waals surface area (Å²) in [6.45, 7) is 5.04. The van der Waals surface area contributed by atoms with Gasteiger partial charge in [0.15, 0.2) is 0 Å². The molecule has 0 aromatic carbocycles. The van der Waals surface area contributed by atoms with Gasteiger partial charge >= 0.3 is 12.3 Å². The molecule has 1 heterocycles. The molecule has 0 aliphatic heterocycles. The molecule has 2 N–H and O–H groups in total. The van der Waals surface area contributed by atoms with Crippen LogP contribution in [0.5, 0.6) is 0 Å². The summed E-state index contributed by atoms with van der Waals surface area (Å²) in [7, 11) is 0. The zero-order valence-electron chi connectivity index (χ0n) is 13.5. The van der Waals surface area contributed by atoms with Crippen molar-refractivity contribution in [2.45, 2.75) is 50.9 Å². The molecule has 0 spiro atoms. The van der Waals surface area contributed by atoms with E-state index in [9.17, 15) is 22.8 Å². The Bertz CT molecular complexity index is 649. The summed E-state index contributed by atoms with van der Waals surface area (Å²) in [4.78, 5) is 27.5. The van der Waals surface area contributed by atoms with Crippen LogP contribution in [0.1, 0.15) is 39.2 Å². The van der Waals surface area contributed by atoms with Gasteiger partial charge in [-0.05, 0) is 39.7 Å². The van der Waals surface area contributed by atoms with Crippen molar-refractivity contribution in [3.05, 3.63) is 24.0 Å². The summed E-state index contributed by atoms with van der Waals surface area (Å²) in [5.74, 6) is -0.602. The maximum absolute atomic E-state index is 12.7. The molecule has 1 aliphatic rings. The first-order chi connectivity index (χ1) is 10.9. The Balaban J connectivity index is 2.03. The third-order valence-corrected chi connectivity index (χ3v) is 3.25. The minimum absolute atomic E-state index is 0.0907. The van der Waals surface area contributed by atoms with Gasteiger partial charge in [0.25, 0.3) is 0 Å². The summed E-state index contributed by atoms with van der Waals surface area (Å²) >= 11 is 0. The molecule has 132 valence electrons. The van der Waals surface area contributed by atoms with E-state index in [2.05, 4.69) is 15.6 Å². The molecule has 0 bridgehead atoms. The molecule has 2 rings (SSSR count). The number of nitrogens with zero attached hydrogens (tertiary/aromatic N) is 1. The number of hydrogen-bond donors (Lipinski definition) is 2. The predicted molar refractivity (Wildman–Crippen MR) is 79.2 cm³/mol. The molecule has 0 unspecified atom stereocenters. The highest BCUT2D eigenvalue weighted by atomic mass is 19.4. The van der Waals surface area contributed by atoms with Crippen molar-refractivity contribution in [2.75, 3.05) is 5.32 Å². The van der Waals surface area contributed by atoms with Crippen LogP contribution in [-0.2, 0) is 15.7 Å². The molecule has 6 nitrogen and oxygen atoms in total. The summed E-state index contributed by atoms with van der Waals surface area (Å²) in [5, 5.41) is 4.83. The van der Waals surface area contributed by atoms with Crippen LogP contribution < -0.4 is 10.6 Å². The molecule has 1 fully saturated rings. The molecular formula is C15H18F3N3O3. The number of hydrogen-bond acceptors (Lipinski definition) is 4. The van der Waals surface area contributed by atoms with Crippen LogP contribution in [0, 0.1) is 0 Å². The standard InChI is InChI=1S/C15H18F3N3O3/c1-13(2,3)24-12(23)21-14(4-5-14)11(22)20-10-6-9(7-19-8-10)15(16,17)18/h6-8H,4-5H2,1-3H3,(H,20,22)(H,21,23). The van der Waals surface area contributed by atoms with Crippen LogP contribution in [0.25, 0.3) is 0 Å². The SMILES string of the molecule is CC(C)(C)OC(=O)NC1(C(=O)Nc2cncc(C(F)(F)F)c2)CC1. The Morgan fingerprint density at radius 3 is 2.33 bits per heavy atom. The molecule has 0 saturated heterocycles. The lowest BCUT2D eigenvalue weighted by atomic mass is 10.2. The molecule has 1 saturated carbocycles. The third kappa shape index (κ3) is 4.59. The molecule has 0 atom stereocenters. The van der Waals surface area contributed by atoms with Crippen molar-refractivity contribution < 1.29 is 27.5 Å². The molecule has 2 amide bonds. The second kappa shape index (κ2) is 5.95. The fraction of sp³-hybridized carbons (Fsp3) is 0.533. The Hall–Kier alpha value is -2.32. The number of aromatic nitrogens is 1.